The van der Waals surface area contributed by atoms with Crippen LogP contribution in [0.5, 0.6) is 0 Å². The first kappa shape index (κ1) is 21.1. The number of aromatic nitrogens is 1. The van der Waals surface area contributed by atoms with Crippen molar-refractivity contribution in [3.63, 3.8) is 0 Å². The molecule has 1 atom stereocenters. The summed E-state index contributed by atoms with van der Waals surface area (Å²) in [6, 6.07) is 10.5. The Balaban J connectivity index is 0.00000220. The summed E-state index contributed by atoms with van der Waals surface area (Å²) < 4.78 is 0. The molecule has 2 aromatic rings. The number of rotatable bonds is 5. The Kier molecular flexibility index (Phi) is 8.34. The summed E-state index contributed by atoms with van der Waals surface area (Å²) in [4.78, 5) is 4.58. The van der Waals surface area contributed by atoms with Gasteiger partial charge in [-0.05, 0) is 37.5 Å². The molecule has 0 saturated heterocycles. The highest BCUT2D eigenvalue weighted by molar-refractivity contribution is 5.85. The van der Waals surface area contributed by atoms with Crippen LogP contribution in [0.4, 0.5) is 0 Å². The first-order chi connectivity index (χ1) is 9.46. The summed E-state index contributed by atoms with van der Waals surface area (Å²) in [6.45, 7) is 10.1. The molecule has 5 heteroatoms. The van der Waals surface area contributed by atoms with Gasteiger partial charge in [-0.3, -0.25) is 4.98 Å². The average molecular weight is 344 g/mol. The molecule has 1 aromatic heterocycles. The molecule has 22 heavy (non-hydrogen) atoms. The molecule has 1 unspecified atom stereocenters. The number of halogens is 2. The van der Waals surface area contributed by atoms with E-state index in [2.05, 4.69) is 55.3 Å². The van der Waals surface area contributed by atoms with Crippen LogP contribution in [0.2, 0.25) is 0 Å². The molecule has 0 saturated carbocycles. The molecule has 0 radical (unpaired) electrons. The van der Waals surface area contributed by atoms with Crippen LogP contribution in [0.3, 0.4) is 0 Å². The van der Waals surface area contributed by atoms with Gasteiger partial charge in [-0.15, -0.1) is 24.8 Å². The summed E-state index contributed by atoms with van der Waals surface area (Å²) in [5.41, 5.74) is 9.30. The number of nitrogens with two attached hydrogens (primary N) is 1. The maximum absolute atomic E-state index is 5.94. The first-order valence-corrected chi connectivity index (χ1v) is 7.26. The van der Waals surface area contributed by atoms with E-state index in [-0.39, 0.29) is 30.4 Å². The largest absolute Gasteiger partial charge is 0.329 e. The minimum Gasteiger partial charge on any atom is -0.329 e. The number of para-hydroxylation sites is 1. The number of benzene rings is 1. The van der Waals surface area contributed by atoms with E-state index in [1.54, 1.807) is 0 Å². The average Bonchev–Trinajstić information content (AvgIpc) is 2.44. The molecular weight excluding hydrogens is 317 g/mol. The number of nitrogens with one attached hydrogen (secondary N) is 1. The van der Waals surface area contributed by atoms with Crippen molar-refractivity contribution in [1.82, 2.24) is 10.3 Å². The van der Waals surface area contributed by atoms with Gasteiger partial charge in [0.25, 0.3) is 0 Å². The fraction of sp³-hybridized carbons (Fsp3) is 0.471. The van der Waals surface area contributed by atoms with Gasteiger partial charge in [-0.2, -0.15) is 0 Å². The summed E-state index contributed by atoms with van der Waals surface area (Å²) in [6.07, 6.45) is 0. The molecule has 0 bridgehead atoms. The molecule has 0 spiro atoms. The molecule has 3 N–H and O–H groups in total. The van der Waals surface area contributed by atoms with Gasteiger partial charge in [0.2, 0.25) is 0 Å². The van der Waals surface area contributed by atoms with Crippen molar-refractivity contribution < 1.29 is 0 Å². The minimum absolute atomic E-state index is 0. The first-order valence-electron chi connectivity index (χ1n) is 7.26. The van der Waals surface area contributed by atoms with Gasteiger partial charge in [0, 0.05) is 29.7 Å². The molecule has 1 aromatic carbocycles. The summed E-state index contributed by atoms with van der Waals surface area (Å²) in [7, 11) is 0. The second kappa shape index (κ2) is 8.68. The van der Waals surface area contributed by atoms with Gasteiger partial charge in [0.15, 0.2) is 0 Å². The van der Waals surface area contributed by atoms with Crippen molar-refractivity contribution in [3.05, 3.63) is 41.6 Å². The van der Waals surface area contributed by atoms with Crippen LogP contribution in [0.1, 0.15) is 32.0 Å². The van der Waals surface area contributed by atoms with Crippen LogP contribution in [0, 0.1) is 12.8 Å². The second-order valence-electron chi connectivity index (χ2n) is 6.07. The number of hydrogen-bond acceptors (Lipinski definition) is 3. The fourth-order valence-electron chi connectivity index (χ4n) is 2.35. The Hall–Kier alpha value is -0.870. The minimum atomic E-state index is -0.0434. The van der Waals surface area contributed by atoms with Crippen molar-refractivity contribution in [2.45, 2.75) is 39.8 Å². The van der Waals surface area contributed by atoms with Crippen LogP contribution in [-0.4, -0.2) is 17.1 Å². The van der Waals surface area contributed by atoms with Gasteiger partial charge in [-0.1, -0.05) is 32.0 Å². The van der Waals surface area contributed by atoms with Gasteiger partial charge in [0.05, 0.1) is 5.52 Å². The predicted octanol–water partition coefficient (Wildman–Crippen LogP) is 3.85. The number of fused-ring (bicyclic) bond motifs is 1. The lowest BCUT2D eigenvalue weighted by molar-refractivity contribution is 0.267. The van der Waals surface area contributed by atoms with E-state index in [1.165, 1.54) is 10.9 Å². The molecule has 0 fully saturated rings. The van der Waals surface area contributed by atoms with E-state index in [0.717, 1.165) is 17.8 Å². The van der Waals surface area contributed by atoms with Gasteiger partial charge in [-0.25, -0.2) is 0 Å². The monoisotopic (exact) mass is 343 g/mol. The van der Waals surface area contributed by atoms with E-state index in [1.807, 2.05) is 13.0 Å². The Labute approximate surface area is 145 Å². The third kappa shape index (κ3) is 4.56. The molecule has 0 aliphatic heterocycles. The van der Waals surface area contributed by atoms with E-state index in [9.17, 15) is 0 Å². The standard InChI is InChI=1S/C17H25N3.2ClH/c1-12(2)17(4,11-18)19-10-14-9-13(3)20-16-8-6-5-7-15(14)16;;/h5-9,12,19H,10-11,18H2,1-4H3;2*1H. The Morgan fingerprint density at radius 1 is 1.23 bits per heavy atom. The maximum Gasteiger partial charge on any atom is 0.0708 e. The molecule has 1 heterocycles. The lowest BCUT2D eigenvalue weighted by Crippen LogP contribution is -2.52. The zero-order chi connectivity index (χ0) is 14.8. The number of nitrogens with zero attached hydrogens (tertiary/aromatic N) is 1. The number of pyridine rings is 1. The van der Waals surface area contributed by atoms with Crippen LogP contribution < -0.4 is 11.1 Å². The zero-order valence-electron chi connectivity index (χ0n) is 13.7. The fourth-order valence-corrected chi connectivity index (χ4v) is 2.35. The van der Waals surface area contributed by atoms with Crippen molar-refractivity contribution >= 4 is 35.7 Å². The van der Waals surface area contributed by atoms with Gasteiger partial charge in [0.1, 0.15) is 0 Å². The zero-order valence-corrected chi connectivity index (χ0v) is 15.4. The summed E-state index contributed by atoms with van der Waals surface area (Å²) in [5.74, 6) is 0.488. The molecule has 2 rings (SSSR count). The van der Waals surface area contributed by atoms with E-state index < -0.39 is 0 Å². The predicted molar refractivity (Wildman–Crippen MR) is 100 cm³/mol. The SMILES string of the molecule is Cc1cc(CNC(C)(CN)C(C)C)c2ccccc2n1.Cl.Cl. The highest BCUT2D eigenvalue weighted by Crippen LogP contribution is 2.20. The maximum atomic E-state index is 5.94. The van der Waals surface area contributed by atoms with E-state index >= 15 is 0 Å². The molecular formula is C17H27Cl2N3. The Bertz CT molecular complexity index is 601. The van der Waals surface area contributed by atoms with Crippen molar-refractivity contribution in [2.24, 2.45) is 11.7 Å². The van der Waals surface area contributed by atoms with Crippen LogP contribution in [0.15, 0.2) is 30.3 Å². The molecule has 0 amide bonds. The van der Waals surface area contributed by atoms with Crippen molar-refractivity contribution in [2.75, 3.05) is 6.54 Å². The van der Waals surface area contributed by atoms with Gasteiger partial charge >= 0.3 is 0 Å². The summed E-state index contributed by atoms with van der Waals surface area (Å²) in [5, 5.41) is 4.84. The third-order valence-electron chi connectivity index (χ3n) is 4.31. The van der Waals surface area contributed by atoms with Crippen LogP contribution >= 0.6 is 24.8 Å². The highest BCUT2D eigenvalue weighted by Gasteiger charge is 2.25. The smallest absolute Gasteiger partial charge is 0.0708 e. The van der Waals surface area contributed by atoms with Crippen molar-refractivity contribution in [3.8, 4) is 0 Å². The van der Waals surface area contributed by atoms with Crippen molar-refractivity contribution in [1.29, 1.82) is 0 Å². The quantitative estimate of drug-likeness (QED) is 0.866. The number of hydrogen-bond donors (Lipinski definition) is 2. The third-order valence-corrected chi connectivity index (χ3v) is 4.31. The van der Waals surface area contributed by atoms with E-state index in [0.29, 0.717) is 12.5 Å². The molecule has 124 valence electrons. The van der Waals surface area contributed by atoms with Gasteiger partial charge < -0.3 is 11.1 Å². The highest BCUT2D eigenvalue weighted by atomic mass is 35.5. The molecule has 0 aliphatic rings. The topological polar surface area (TPSA) is 50.9 Å². The lowest BCUT2D eigenvalue weighted by Gasteiger charge is -2.34. The normalized spacial score (nSPS) is 13.4. The van der Waals surface area contributed by atoms with E-state index in [4.69, 9.17) is 5.73 Å². The second-order valence-corrected chi connectivity index (χ2v) is 6.07. The lowest BCUT2D eigenvalue weighted by atomic mass is 9.88. The molecule has 3 nitrogen and oxygen atoms in total. The van der Waals surface area contributed by atoms with Crippen LogP contribution in [0.25, 0.3) is 10.9 Å². The Morgan fingerprint density at radius 2 is 1.86 bits per heavy atom. The Morgan fingerprint density at radius 3 is 2.45 bits per heavy atom. The number of aryl methyl sites for hydroxylation is 1. The van der Waals surface area contributed by atoms with Crippen LogP contribution in [-0.2, 0) is 6.54 Å². The molecule has 0 aliphatic carbocycles. The summed E-state index contributed by atoms with van der Waals surface area (Å²) >= 11 is 0.